The van der Waals surface area contributed by atoms with Gasteiger partial charge in [0.25, 0.3) is 11.4 Å². The van der Waals surface area contributed by atoms with Crippen LogP contribution in [-0.2, 0) is 10.2 Å². The van der Waals surface area contributed by atoms with Crippen molar-refractivity contribution in [2.45, 2.75) is 18.3 Å². The molecular weight excluding hydrogens is 314 g/mol. The first-order valence-corrected chi connectivity index (χ1v) is 7.23. The number of hydrogen-bond donors (Lipinski definition) is 1. The highest BCUT2D eigenvalue weighted by Gasteiger charge is 2.51. The van der Waals surface area contributed by atoms with Gasteiger partial charge in [-0.15, -0.1) is 0 Å². The molecule has 0 unspecified atom stereocenters. The zero-order valence-corrected chi connectivity index (χ0v) is 12.5. The van der Waals surface area contributed by atoms with E-state index in [4.69, 9.17) is 0 Å². The molecule has 0 radical (unpaired) electrons. The van der Waals surface area contributed by atoms with Gasteiger partial charge in [-0.05, 0) is 24.5 Å². The van der Waals surface area contributed by atoms with E-state index in [9.17, 15) is 25.0 Å². The maximum Gasteiger partial charge on any atom is 0.271 e. The second-order valence-electron chi connectivity index (χ2n) is 5.65. The quantitative estimate of drug-likeness (QED) is 0.669. The molecule has 0 heterocycles. The number of carbonyl (C=O) groups excluding carboxylic acids is 1. The van der Waals surface area contributed by atoms with Crippen molar-refractivity contribution in [3.05, 3.63) is 74.3 Å². The van der Waals surface area contributed by atoms with Gasteiger partial charge in [-0.25, -0.2) is 0 Å². The summed E-state index contributed by atoms with van der Waals surface area (Å²) in [5, 5.41) is 24.2. The summed E-state index contributed by atoms with van der Waals surface area (Å²) in [6.45, 7) is 0. The lowest BCUT2D eigenvalue weighted by molar-refractivity contribution is -0.385. The van der Waals surface area contributed by atoms with E-state index in [-0.39, 0.29) is 17.3 Å². The van der Waals surface area contributed by atoms with Crippen LogP contribution in [-0.4, -0.2) is 15.8 Å². The minimum atomic E-state index is -0.722. The molecule has 0 saturated heterocycles. The Morgan fingerprint density at radius 1 is 0.958 bits per heavy atom. The van der Waals surface area contributed by atoms with Crippen LogP contribution in [0.5, 0.6) is 0 Å². The Bertz CT molecular complexity index is 828. The molecule has 2 aromatic carbocycles. The Labute approximate surface area is 136 Å². The summed E-state index contributed by atoms with van der Waals surface area (Å²) in [5.41, 5.74) is 0.194. The molecule has 0 aromatic heterocycles. The molecule has 1 N–H and O–H groups in total. The highest BCUT2D eigenvalue weighted by Crippen LogP contribution is 2.49. The summed E-state index contributed by atoms with van der Waals surface area (Å²) in [6, 6.07) is 11.6. The zero-order chi connectivity index (χ0) is 17.3. The molecule has 1 fully saturated rings. The Kier molecular flexibility index (Phi) is 3.72. The van der Waals surface area contributed by atoms with Crippen LogP contribution in [0.1, 0.15) is 18.4 Å². The van der Waals surface area contributed by atoms with Gasteiger partial charge in [0.05, 0.1) is 15.3 Å². The smallest absolute Gasteiger partial charge is 0.271 e. The van der Waals surface area contributed by atoms with Crippen molar-refractivity contribution in [1.82, 2.24) is 0 Å². The van der Waals surface area contributed by atoms with Crippen molar-refractivity contribution in [2.75, 3.05) is 5.32 Å². The first-order valence-electron chi connectivity index (χ1n) is 7.23. The molecule has 122 valence electrons. The van der Waals surface area contributed by atoms with Crippen LogP contribution >= 0.6 is 0 Å². The lowest BCUT2D eigenvalue weighted by Gasteiger charge is -2.15. The fourth-order valence-corrected chi connectivity index (χ4v) is 2.62. The van der Waals surface area contributed by atoms with Crippen molar-refractivity contribution in [3.63, 3.8) is 0 Å². The van der Waals surface area contributed by atoms with Gasteiger partial charge in [0.1, 0.15) is 0 Å². The van der Waals surface area contributed by atoms with E-state index < -0.39 is 15.3 Å². The molecule has 2 aromatic rings. The van der Waals surface area contributed by atoms with Crippen molar-refractivity contribution >= 4 is 23.0 Å². The third-order valence-corrected chi connectivity index (χ3v) is 4.13. The number of nitrogens with one attached hydrogen (secondary N) is 1. The van der Waals surface area contributed by atoms with E-state index in [1.54, 1.807) is 18.2 Å². The number of nitro groups is 2. The average molecular weight is 327 g/mol. The third kappa shape index (κ3) is 2.81. The molecular formula is C16H13N3O5. The van der Waals surface area contributed by atoms with Crippen LogP contribution in [0.4, 0.5) is 17.1 Å². The van der Waals surface area contributed by atoms with Crippen LogP contribution in [0, 0.1) is 20.2 Å². The minimum Gasteiger partial charge on any atom is -0.325 e. The lowest BCUT2D eigenvalue weighted by Crippen LogP contribution is -2.27. The third-order valence-electron chi connectivity index (χ3n) is 4.13. The number of anilines is 1. The summed E-state index contributed by atoms with van der Waals surface area (Å²) in [5.74, 6) is -0.267. The van der Waals surface area contributed by atoms with Gasteiger partial charge >= 0.3 is 0 Å². The van der Waals surface area contributed by atoms with Gasteiger partial charge in [0.15, 0.2) is 0 Å². The molecule has 0 aliphatic heterocycles. The van der Waals surface area contributed by atoms with Crippen molar-refractivity contribution in [2.24, 2.45) is 0 Å². The number of non-ortho nitro benzene ring substituents is 2. The van der Waals surface area contributed by atoms with Crippen LogP contribution in [0.15, 0.2) is 48.5 Å². The van der Waals surface area contributed by atoms with E-state index in [2.05, 4.69) is 5.32 Å². The fourth-order valence-electron chi connectivity index (χ4n) is 2.62. The molecule has 0 bridgehead atoms. The number of rotatable bonds is 5. The van der Waals surface area contributed by atoms with Crippen LogP contribution in [0.2, 0.25) is 0 Å². The van der Waals surface area contributed by atoms with Gasteiger partial charge in [-0.1, -0.05) is 18.2 Å². The second-order valence-corrected chi connectivity index (χ2v) is 5.65. The van der Waals surface area contributed by atoms with Gasteiger partial charge in [0.2, 0.25) is 5.91 Å². The fraction of sp³-hybridized carbons (Fsp3) is 0.188. The number of amides is 1. The maximum absolute atomic E-state index is 12.6. The summed E-state index contributed by atoms with van der Waals surface area (Å²) >= 11 is 0. The highest BCUT2D eigenvalue weighted by molar-refractivity contribution is 6.01. The SMILES string of the molecule is O=C(Nc1cccc([N+](=O)[O-])c1)C1(c2ccc([N+](=O)[O-])cc2)CC1. The number of hydrogen-bond acceptors (Lipinski definition) is 5. The monoisotopic (exact) mass is 327 g/mol. The zero-order valence-electron chi connectivity index (χ0n) is 12.5. The molecule has 0 atom stereocenters. The number of carbonyl (C=O) groups is 1. The van der Waals surface area contributed by atoms with Crippen LogP contribution in [0.25, 0.3) is 0 Å². The number of nitro benzene ring substituents is 2. The normalized spacial score (nSPS) is 14.7. The van der Waals surface area contributed by atoms with Crippen LogP contribution in [0.3, 0.4) is 0 Å². The van der Waals surface area contributed by atoms with Crippen molar-refractivity contribution in [1.29, 1.82) is 0 Å². The highest BCUT2D eigenvalue weighted by atomic mass is 16.6. The molecule has 1 aliphatic rings. The van der Waals surface area contributed by atoms with E-state index >= 15 is 0 Å². The molecule has 24 heavy (non-hydrogen) atoms. The molecule has 1 aliphatic carbocycles. The Hall–Kier alpha value is -3.29. The maximum atomic E-state index is 12.6. The summed E-state index contributed by atoms with van der Waals surface area (Å²) in [6.07, 6.45) is 1.26. The van der Waals surface area contributed by atoms with E-state index in [0.29, 0.717) is 24.1 Å². The van der Waals surface area contributed by atoms with E-state index in [1.807, 2.05) is 0 Å². The standard InChI is InChI=1S/C16H13N3O5/c20-15(17-12-2-1-3-14(10-12)19(23)24)16(8-9-16)11-4-6-13(7-5-11)18(21)22/h1-7,10H,8-9H2,(H,17,20). The summed E-state index contributed by atoms with van der Waals surface area (Å²) < 4.78 is 0. The lowest BCUT2D eigenvalue weighted by atomic mass is 9.94. The molecule has 3 rings (SSSR count). The van der Waals surface area contributed by atoms with Gasteiger partial charge in [-0.3, -0.25) is 25.0 Å². The Morgan fingerprint density at radius 2 is 1.58 bits per heavy atom. The molecule has 1 saturated carbocycles. The first-order chi connectivity index (χ1) is 11.4. The summed E-state index contributed by atoms with van der Waals surface area (Å²) in [7, 11) is 0. The topological polar surface area (TPSA) is 115 Å². The van der Waals surface area contributed by atoms with Gasteiger partial charge < -0.3 is 5.32 Å². The minimum absolute atomic E-state index is 0.0337. The number of nitrogens with zero attached hydrogens (tertiary/aromatic N) is 2. The summed E-state index contributed by atoms with van der Waals surface area (Å²) in [4.78, 5) is 33.1. The predicted molar refractivity (Wildman–Crippen MR) is 85.7 cm³/mol. The predicted octanol–water partition coefficient (Wildman–Crippen LogP) is 3.17. The molecule has 1 amide bonds. The average Bonchev–Trinajstić information content (AvgIpc) is 3.37. The van der Waals surface area contributed by atoms with E-state index in [1.165, 1.54) is 30.3 Å². The second kappa shape index (κ2) is 5.73. The van der Waals surface area contributed by atoms with Gasteiger partial charge in [0, 0.05) is 30.0 Å². The van der Waals surface area contributed by atoms with Crippen molar-refractivity contribution < 1.29 is 14.6 Å². The molecule has 8 heteroatoms. The molecule has 0 spiro atoms. The Balaban J connectivity index is 1.80. The Morgan fingerprint density at radius 3 is 2.12 bits per heavy atom. The van der Waals surface area contributed by atoms with Crippen molar-refractivity contribution in [3.8, 4) is 0 Å². The largest absolute Gasteiger partial charge is 0.325 e. The van der Waals surface area contributed by atoms with E-state index in [0.717, 1.165) is 0 Å². The van der Waals surface area contributed by atoms with Crippen LogP contribution < -0.4 is 5.32 Å². The van der Waals surface area contributed by atoms with Gasteiger partial charge in [-0.2, -0.15) is 0 Å². The molecule has 8 nitrogen and oxygen atoms in total. The number of benzene rings is 2. The first kappa shape index (κ1) is 15.6.